The van der Waals surface area contributed by atoms with Crippen molar-refractivity contribution in [3.05, 3.63) is 173 Å². The molecule has 0 bridgehead atoms. The molecule has 220 valence electrons. The van der Waals surface area contributed by atoms with Crippen molar-refractivity contribution in [3.8, 4) is 0 Å². The van der Waals surface area contributed by atoms with E-state index in [2.05, 4.69) is 167 Å². The Bertz CT molecular complexity index is 1670. The largest absolute Gasteiger partial charge is 0.376 e. The first kappa shape index (κ1) is 30.4. The summed E-state index contributed by atoms with van der Waals surface area (Å²) in [5, 5.41) is 8.31. The zero-order chi connectivity index (χ0) is 30.6. The van der Waals surface area contributed by atoms with E-state index in [1.54, 1.807) is 0 Å². The predicted octanol–water partition coefficient (Wildman–Crippen LogP) is 8.57. The molecule has 2 atom stereocenters. The predicted molar refractivity (Wildman–Crippen MR) is 194 cm³/mol. The lowest BCUT2D eigenvalue weighted by Gasteiger charge is -2.33. The van der Waals surface area contributed by atoms with Gasteiger partial charge in [0.1, 0.15) is 0 Å². The number of hydrogen-bond acceptors (Lipinski definition) is 1. The molecule has 44 heavy (non-hydrogen) atoms. The Morgan fingerprint density at radius 2 is 1.02 bits per heavy atom. The maximum Gasteiger partial charge on any atom is 0.0931 e. The van der Waals surface area contributed by atoms with Gasteiger partial charge < -0.3 is 4.74 Å². The molecule has 3 heteroatoms. The number of ether oxygens (including phenoxy) is 1. The van der Waals surface area contributed by atoms with Crippen molar-refractivity contribution in [2.24, 2.45) is 5.92 Å². The highest BCUT2D eigenvalue weighted by Crippen LogP contribution is 2.53. The van der Waals surface area contributed by atoms with Gasteiger partial charge in [0.2, 0.25) is 0 Å². The molecule has 0 saturated heterocycles. The molecule has 6 rings (SSSR count). The molecule has 5 aromatic carbocycles. The maximum absolute atomic E-state index is 6.56. The van der Waals surface area contributed by atoms with E-state index >= 15 is 0 Å². The van der Waals surface area contributed by atoms with Crippen LogP contribution in [0.25, 0.3) is 0 Å². The molecule has 1 nitrogen and oxygen atoms in total. The van der Waals surface area contributed by atoms with Gasteiger partial charge in [0.25, 0.3) is 0 Å². The molecular weight excluding hydrogens is 570 g/mol. The monoisotopic (exact) mass is 610 g/mol. The topological polar surface area (TPSA) is 9.23 Å². The van der Waals surface area contributed by atoms with Crippen molar-refractivity contribution in [1.82, 2.24) is 0 Å². The highest BCUT2D eigenvalue weighted by molar-refractivity contribution is 7.80. The van der Waals surface area contributed by atoms with Gasteiger partial charge in [-0.25, -0.2) is 0 Å². The first-order valence-corrected chi connectivity index (χ1v) is 18.0. The molecule has 0 aliphatic heterocycles. The molecule has 1 aliphatic rings. The zero-order valence-electron chi connectivity index (χ0n) is 26.2. The van der Waals surface area contributed by atoms with Gasteiger partial charge in [0.15, 0.2) is 0 Å². The summed E-state index contributed by atoms with van der Waals surface area (Å²) in [7, 11) is 0.338. The quantitative estimate of drug-likeness (QED) is 0.152. The molecule has 0 radical (unpaired) electrons. The Morgan fingerprint density at radius 1 is 0.545 bits per heavy atom. The highest BCUT2D eigenvalue weighted by atomic mass is 31.1. The lowest BCUT2D eigenvalue weighted by Crippen LogP contribution is -2.28. The van der Waals surface area contributed by atoms with Gasteiger partial charge >= 0.3 is 0 Å². The van der Waals surface area contributed by atoms with Crippen molar-refractivity contribution >= 4 is 42.4 Å². The highest BCUT2D eigenvalue weighted by Gasteiger charge is 2.35. The molecule has 5 aromatic rings. The van der Waals surface area contributed by atoms with E-state index in [4.69, 9.17) is 4.74 Å². The third kappa shape index (κ3) is 6.43. The molecule has 1 aliphatic carbocycles. The van der Waals surface area contributed by atoms with Crippen molar-refractivity contribution in [3.63, 3.8) is 0 Å². The fraction of sp³-hybridized carbons (Fsp3) is 0.171. The summed E-state index contributed by atoms with van der Waals surface area (Å²) in [6.07, 6.45) is 6.88. The summed E-state index contributed by atoms with van der Waals surface area (Å²) >= 11 is 0. The van der Waals surface area contributed by atoms with Crippen molar-refractivity contribution < 1.29 is 4.74 Å². The van der Waals surface area contributed by atoms with Crippen LogP contribution in [0.4, 0.5) is 0 Å². The standard InChI is InChI=1S/C41H40OP2/c1-29-23-30(2)26-35(25-29)44(36-27-31(3)24-32(4)28-36)40-22-14-20-38(40)41(42-5)37-19-12-13-21-39(37)43(33-15-8-6-9-16-33)34-17-10-7-11-18-34/h6-28,38,41H,1-5H3/t38?,41-/m0/s1. The Morgan fingerprint density at radius 3 is 1.52 bits per heavy atom. The minimum Gasteiger partial charge on any atom is -0.376 e. The summed E-state index contributed by atoms with van der Waals surface area (Å²) in [4.78, 5) is 0. The van der Waals surface area contributed by atoms with Crippen molar-refractivity contribution in [2.75, 3.05) is 7.11 Å². The number of aryl methyl sites for hydroxylation is 4. The van der Waals surface area contributed by atoms with E-state index < -0.39 is 15.8 Å². The van der Waals surface area contributed by atoms with Gasteiger partial charge in [-0.1, -0.05) is 162 Å². The Kier molecular flexibility index (Phi) is 9.39. The van der Waals surface area contributed by atoms with Gasteiger partial charge in [0, 0.05) is 13.0 Å². The fourth-order valence-electron chi connectivity index (χ4n) is 6.55. The van der Waals surface area contributed by atoms with Gasteiger partial charge in [-0.2, -0.15) is 0 Å². The number of benzene rings is 5. The Labute approximate surface area is 265 Å². The number of hydrogen-bond donors (Lipinski definition) is 0. The zero-order valence-corrected chi connectivity index (χ0v) is 28.0. The van der Waals surface area contributed by atoms with E-state index in [9.17, 15) is 0 Å². The van der Waals surface area contributed by atoms with Crippen LogP contribution in [0.2, 0.25) is 0 Å². The van der Waals surface area contributed by atoms with Gasteiger partial charge in [0.05, 0.1) is 6.10 Å². The van der Waals surface area contributed by atoms with Crippen LogP contribution in [0.1, 0.15) is 33.9 Å². The van der Waals surface area contributed by atoms with Crippen molar-refractivity contribution in [1.29, 1.82) is 0 Å². The van der Waals surface area contributed by atoms with Crippen LogP contribution < -0.4 is 26.5 Å². The molecule has 0 fully saturated rings. The Balaban J connectivity index is 1.49. The number of allylic oxidation sites excluding steroid dienone is 2. The van der Waals surface area contributed by atoms with Crippen LogP contribution in [-0.2, 0) is 4.74 Å². The number of methoxy groups -OCH3 is 1. The SMILES string of the molecule is CO[C@@H](c1ccccc1P(c1ccccc1)c1ccccc1)C1C=CC=C1P(c1cc(C)cc(C)c1)c1cc(C)cc(C)c1. The molecule has 0 N–H and O–H groups in total. The first-order valence-electron chi connectivity index (χ1n) is 15.3. The summed E-state index contributed by atoms with van der Waals surface area (Å²) < 4.78 is 6.56. The molecule has 0 heterocycles. The molecule has 0 amide bonds. The molecule has 1 unspecified atom stereocenters. The first-order chi connectivity index (χ1) is 21.4. The third-order valence-electron chi connectivity index (χ3n) is 8.21. The normalized spacial score (nSPS) is 15.2. The average molecular weight is 611 g/mol. The second kappa shape index (κ2) is 13.6. The van der Waals surface area contributed by atoms with E-state index in [1.807, 2.05) is 7.11 Å². The van der Waals surface area contributed by atoms with Crippen molar-refractivity contribution in [2.45, 2.75) is 33.8 Å². The Hall–Kier alpha value is -3.60. The van der Waals surface area contributed by atoms with E-state index in [1.165, 1.54) is 59.7 Å². The smallest absolute Gasteiger partial charge is 0.0931 e. The minimum atomic E-state index is -0.773. The van der Waals surface area contributed by atoms with Crippen LogP contribution in [0.15, 0.2) is 145 Å². The van der Waals surface area contributed by atoms with E-state index in [-0.39, 0.29) is 12.0 Å². The fourth-order valence-corrected chi connectivity index (χ4v) is 12.0. The van der Waals surface area contributed by atoms with Crippen LogP contribution in [0, 0.1) is 33.6 Å². The van der Waals surface area contributed by atoms with Gasteiger partial charge in [-0.05, 0) is 80.9 Å². The second-order valence-corrected chi connectivity index (χ2v) is 16.2. The van der Waals surface area contributed by atoms with E-state index in [0.29, 0.717) is 0 Å². The van der Waals surface area contributed by atoms with Crippen LogP contribution >= 0.6 is 15.8 Å². The molecule has 0 saturated carbocycles. The second-order valence-electron chi connectivity index (χ2n) is 11.8. The van der Waals surface area contributed by atoms with Crippen LogP contribution in [0.3, 0.4) is 0 Å². The summed E-state index contributed by atoms with van der Waals surface area (Å²) in [5.74, 6) is 0.122. The van der Waals surface area contributed by atoms with E-state index in [0.717, 1.165) is 0 Å². The maximum atomic E-state index is 6.56. The third-order valence-corrected chi connectivity index (χ3v) is 13.2. The lowest BCUT2D eigenvalue weighted by atomic mass is 9.96. The molecular formula is C41H40OP2. The number of rotatable bonds is 9. The average Bonchev–Trinajstić information content (AvgIpc) is 3.47. The molecule has 0 aromatic heterocycles. The van der Waals surface area contributed by atoms with Gasteiger partial charge in [-0.15, -0.1) is 0 Å². The van der Waals surface area contributed by atoms with Crippen LogP contribution in [-0.4, -0.2) is 7.11 Å². The van der Waals surface area contributed by atoms with Crippen LogP contribution in [0.5, 0.6) is 0 Å². The molecule has 0 spiro atoms. The summed E-state index contributed by atoms with van der Waals surface area (Å²) in [5.41, 5.74) is 6.51. The lowest BCUT2D eigenvalue weighted by molar-refractivity contribution is 0.0830. The summed E-state index contributed by atoms with van der Waals surface area (Å²) in [6, 6.07) is 45.1. The minimum absolute atomic E-state index is 0.115. The van der Waals surface area contributed by atoms with Gasteiger partial charge in [-0.3, -0.25) is 0 Å². The summed E-state index contributed by atoms with van der Waals surface area (Å²) in [6.45, 7) is 8.86.